The maximum absolute atomic E-state index is 13.7. The molecule has 0 radical (unpaired) electrons. The average Bonchev–Trinajstić information content (AvgIpc) is 3.13. The number of hydrogen-bond acceptors (Lipinski definition) is 11. The number of esters is 5. The van der Waals surface area contributed by atoms with Crippen LogP contribution in [0.3, 0.4) is 0 Å². The van der Waals surface area contributed by atoms with Gasteiger partial charge in [0.25, 0.3) is 0 Å². The molecule has 11 heteroatoms. The zero-order valence-corrected chi connectivity index (χ0v) is 24.5. The van der Waals surface area contributed by atoms with Crippen molar-refractivity contribution in [3.05, 3.63) is 35.9 Å². The van der Waals surface area contributed by atoms with E-state index >= 15 is 0 Å². The van der Waals surface area contributed by atoms with Crippen molar-refractivity contribution in [3.8, 4) is 0 Å². The second kappa shape index (κ2) is 11.1. The topological polar surface area (TPSA) is 141 Å². The predicted molar refractivity (Wildman–Crippen MR) is 141 cm³/mol. The summed E-state index contributed by atoms with van der Waals surface area (Å²) in [5.74, 6) is -4.13. The van der Waals surface area contributed by atoms with Crippen LogP contribution in [-0.2, 0) is 47.6 Å². The largest absolute Gasteiger partial charge is 0.465 e. The van der Waals surface area contributed by atoms with Crippen molar-refractivity contribution in [3.63, 3.8) is 0 Å². The summed E-state index contributed by atoms with van der Waals surface area (Å²) in [4.78, 5) is 63.4. The van der Waals surface area contributed by atoms with E-state index in [4.69, 9.17) is 28.4 Å². The SMILES string of the molecule is CC(=O)OC[C@]12[C@H](OC(=O)c3ccccc3)[C@H](OC(C)=O)[C@@H]3C[C@]1(OC3(C)C)[C@H](C)C[C@H](OC(C)=O)[C@@H]2OC(C)=O. The monoisotopic (exact) mass is 574 g/mol. The van der Waals surface area contributed by atoms with Crippen LogP contribution < -0.4 is 0 Å². The van der Waals surface area contributed by atoms with Crippen LogP contribution in [0.15, 0.2) is 30.3 Å². The van der Waals surface area contributed by atoms with Crippen molar-refractivity contribution in [1.82, 2.24) is 0 Å². The van der Waals surface area contributed by atoms with Gasteiger partial charge < -0.3 is 28.4 Å². The molecule has 0 unspecified atom stereocenters. The quantitative estimate of drug-likeness (QED) is 0.350. The molecule has 3 aliphatic rings. The lowest BCUT2D eigenvalue weighted by Crippen LogP contribution is -2.77. The molecular formula is C30H38O11. The highest BCUT2D eigenvalue weighted by Crippen LogP contribution is 2.68. The van der Waals surface area contributed by atoms with E-state index < -0.39 is 83.4 Å². The summed E-state index contributed by atoms with van der Waals surface area (Å²) in [6, 6.07) is 8.24. The lowest BCUT2D eigenvalue weighted by molar-refractivity contribution is -0.307. The fourth-order valence-electron chi connectivity index (χ4n) is 7.31. The van der Waals surface area contributed by atoms with Gasteiger partial charge in [-0.05, 0) is 44.7 Å². The van der Waals surface area contributed by atoms with Gasteiger partial charge in [-0.25, -0.2) is 4.79 Å². The summed E-state index contributed by atoms with van der Waals surface area (Å²) >= 11 is 0. The summed E-state index contributed by atoms with van der Waals surface area (Å²) in [7, 11) is 0. The van der Waals surface area contributed by atoms with Crippen molar-refractivity contribution in [2.75, 3.05) is 6.61 Å². The lowest BCUT2D eigenvalue weighted by Gasteiger charge is -2.62. The third-order valence-corrected chi connectivity index (χ3v) is 8.75. The van der Waals surface area contributed by atoms with Crippen molar-refractivity contribution in [2.24, 2.45) is 17.3 Å². The van der Waals surface area contributed by atoms with Gasteiger partial charge in [-0.2, -0.15) is 0 Å². The van der Waals surface area contributed by atoms with E-state index in [0.717, 1.165) is 0 Å². The van der Waals surface area contributed by atoms with Crippen molar-refractivity contribution >= 4 is 29.8 Å². The zero-order chi connectivity index (χ0) is 30.3. The second-order valence-corrected chi connectivity index (χ2v) is 11.8. The van der Waals surface area contributed by atoms with E-state index in [9.17, 15) is 24.0 Å². The minimum Gasteiger partial charge on any atom is -0.465 e. The molecule has 4 rings (SSSR count). The molecule has 2 aliphatic carbocycles. The first-order valence-corrected chi connectivity index (χ1v) is 13.8. The van der Waals surface area contributed by atoms with Crippen molar-refractivity contribution in [2.45, 2.75) is 96.9 Å². The molecule has 1 aromatic rings. The first kappa shape index (κ1) is 30.5. The third kappa shape index (κ3) is 5.31. The van der Waals surface area contributed by atoms with Gasteiger partial charge in [0.15, 0.2) is 12.2 Å². The summed E-state index contributed by atoms with van der Waals surface area (Å²) in [6.45, 7) is 10.1. The van der Waals surface area contributed by atoms with Gasteiger partial charge >= 0.3 is 29.8 Å². The van der Waals surface area contributed by atoms with Crippen molar-refractivity contribution in [1.29, 1.82) is 0 Å². The van der Waals surface area contributed by atoms with Gasteiger partial charge in [0, 0.05) is 33.6 Å². The number of hydrogen-bond donors (Lipinski definition) is 0. The van der Waals surface area contributed by atoms with Crippen LogP contribution in [0.4, 0.5) is 0 Å². The Balaban J connectivity index is 2.02. The van der Waals surface area contributed by atoms with Crippen LogP contribution in [0.2, 0.25) is 0 Å². The number of carbonyl (C=O) groups is 5. The average molecular weight is 575 g/mol. The molecule has 0 N–H and O–H groups in total. The molecule has 3 fully saturated rings. The molecule has 41 heavy (non-hydrogen) atoms. The Bertz CT molecular complexity index is 1210. The molecule has 1 aliphatic heterocycles. The highest BCUT2D eigenvalue weighted by atomic mass is 16.6. The minimum atomic E-state index is -1.64. The third-order valence-electron chi connectivity index (χ3n) is 8.75. The van der Waals surface area contributed by atoms with Gasteiger partial charge in [0.05, 0.1) is 16.8 Å². The summed E-state index contributed by atoms with van der Waals surface area (Å²) < 4.78 is 36.3. The highest BCUT2D eigenvalue weighted by molar-refractivity contribution is 5.89. The Hall–Kier alpha value is -3.47. The molecule has 224 valence electrons. The van der Waals surface area contributed by atoms with Gasteiger partial charge in [0.1, 0.15) is 24.2 Å². The maximum atomic E-state index is 13.7. The van der Waals surface area contributed by atoms with E-state index in [1.54, 1.807) is 30.3 Å². The van der Waals surface area contributed by atoms with E-state index in [0.29, 0.717) is 6.42 Å². The van der Waals surface area contributed by atoms with Crippen LogP contribution in [0, 0.1) is 17.3 Å². The fraction of sp³-hybridized carbons (Fsp3) is 0.633. The molecule has 2 bridgehead atoms. The van der Waals surface area contributed by atoms with Gasteiger partial charge in [0.2, 0.25) is 0 Å². The molecule has 1 aromatic carbocycles. The van der Waals surface area contributed by atoms with E-state index in [1.165, 1.54) is 27.7 Å². The molecule has 0 amide bonds. The van der Waals surface area contributed by atoms with Crippen LogP contribution in [-0.4, -0.2) is 72.1 Å². The number of rotatable bonds is 7. The number of fused-ring (bicyclic) bond motifs is 1. The van der Waals surface area contributed by atoms with E-state index in [2.05, 4.69) is 0 Å². The fourth-order valence-corrected chi connectivity index (χ4v) is 7.31. The Labute approximate surface area is 239 Å². The van der Waals surface area contributed by atoms with Crippen molar-refractivity contribution < 1.29 is 52.4 Å². The summed E-state index contributed by atoms with van der Waals surface area (Å²) in [5, 5.41) is 0. The standard InChI is InChI=1S/C30H38O11/c1-16-13-23(37-18(3)32)25(39-20(5)34)29(15-36-17(2)31)26(40-27(35)21-11-9-8-10-12-21)24(38-19(4)33)22-14-30(16,29)41-28(22,6)7/h8-12,16,22-26H,13-15H2,1-7H3/t16-,22+,23+,24-,25+,26-,29+,30+/m1/s1. The first-order chi connectivity index (χ1) is 19.1. The minimum absolute atomic E-state index is 0.230. The molecule has 8 atom stereocenters. The highest BCUT2D eigenvalue weighted by Gasteiger charge is 2.81. The zero-order valence-electron chi connectivity index (χ0n) is 24.5. The number of carbonyl (C=O) groups excluding carboxylic acids is 5. The Morgan fingerprint density at radius 1 is 0.829 bits per heavy atom. The van der Waals surface area contributed by atoms with Gasteiger partial charge in [-0.3, -0.25) is 19.2 Å². The van der Waals surface area contributed by atoms with E-state index in [-0.39, 0.29) is 17.9 Å². The first-order valence-electron chi connectivity index (χ1n) is 13.8. The van der Waals surface area contributed by atoms with Gasteiger partial charge in [-0.15, -0.1) is 0 Å². The predicted octanol–water partition coefficient (Wildman–Crippen LogP) is 3.16. The molecular weight excluding hydrogens is 536 g/mol. The molecule has 2 saturated carbocycles. The lowest BCUT2D eigenvalue weighted by atomic mass is 9.48. The Kier molecular flexibility index (Phi) is 8.23. The number of benzene rings is 1. The maximum Gasteiger partial charge on any atom is 0.338 e. The van der Waals surface area contributed by atoms with Gasteiger partial charge in [-0.1, -0.05) is 25.1 Å². The van der Waals surface area contributed by atoms with Crippen LogP contribution in [0.5, 0.6) is 0 Å². The Morgan fingerprint density at radius 3 is 2.00 bits per heavy atom. The number of ether oxygens (including phenoxy) is 6. The molecule has 1 saturated heterocycles. The van der Waals surface area contributed by atoms with E-state index in [1.807, 2.05) is 20.8 Å². The molecule has 0 aromatic heterocycles. The summed E-state index contributed by atoms with van der Waals surface area (Å²) in [6.07, 6.45) is -4.15. The normalized spacial score (nSPS) is 34.9. The summed E-state index contributed by atoms with van der Waals surface area (Å²) in [5.41, 5.74) is -3.52. The molecule has 1 heterocycles. The molecule has 1 spiro atoms. The molecule has 11 nitrogen and oxygen atoms in total. The second-order valence-electron chi connectivity index (χ2n) is 11.8. The Morgan fingerprint density at radius 2 is 1.44 bits per heavy atom. The van der Waals surface area contributed by atoms with Crippen LogP contribution in [0.1, 0.15) is 71.7 Å². The van der Waals surface area contributed by atoms with Crippen LogP contribution >= 0.6 is 0 Å². The smallest absolute Gasteiger partial charge is 0.338 e. The van der Waals surface area contributed by atoms with Crippen LogP contribution in [0.25, 0.3) is 0 Å².